The maximum Gasteiger partial charge on any atom is 0.0960 e. The lowest BCUT2D eigenvalue weighted by atomic mass is 10.5. The first kappa shape index (κ1) is 11.4. The highest BCUT2D eigenvalue weighted by atomic mass is 35.5. The van der Waals surface area contributed by atoms with Gasteiger partial charge in [-0.1, -0.05) is 11.2 Å². The molecule has 0 fully saturated rings. The van der Waals surface area contributed by atoms with E-state index in [-0.39, 0.29) is 12.4 Å². The molecule has 66 valence electrons. The summed E-state index contributed by atoms with van der Waals surface area (Å²) in [5, 5.41) is 3.69. The van der Waals surface area contributed by atoms with Gasteiger partial charge < -0.3 is 0 Å². The fourth-order valence-electron chi connectivity index (χ4n) is 0.620. The third-order valence-electron chi connectivity index (χ3n) is 1.07. The highest BCUT2D eigenvalue weighted by Gasteiger charge is 1.91. The third kappa shape index (κ3) is 4.31. The number of hydrogen-bond donors (Lipinski definition) is 0. The quantitative estimate of drug-likeness (QED) is 0.430. The van der Waals surface area contributed by atoms with Gasteiger partial charge >= 0.3 is 0 Å². The maximum atomic E-state index is 9.71. The van der Waals surface area contributed by atoms with Crippen molar-refractivity contribution in [3.8, 4) is 0 Å². The smallest absolute Gasteiger partial charge is 0.0960 e. The second-order valence-corrected chi connectivity index (χ2v) is 2.98. The van der Waals surface area contributed by atoms with E-state index < -0.39 is 0 Å². The molecule has 0 aliphatic heterocycles. The molecule has 1 heterocycles. The van der Waals surface area contributed by atoms with Crippen molar-refractivity contribution >= 4 is 24.2 Å². The summed E-state index contributed by atoms with van der Waals surface area (Å²) in [6, 6.07) is 5.70. The second kappa shape index (κ2) is 7.06. The Morgan fingerprint density at radius 3 is 2.92 bits per heavy atom. The molecule has 5 heteroatoms. The van der Waals surface area contributed by atoms with Crippen molar-refractivity contribution in [2.75, 3.05) is 12.3 Å². The molecule has 0 aliphatic rings. The van der Waals surface area contributed by atoms with Crippen LogP contribution in [0.4, 0.5) is 0 Å². The largest absolute Gasteiger partial charge is 0.250 e. The van der Waals surface area contributed by atoms with Gasteiger partial charge in [0.15, 0.2) is 0 Å². The Hall–Kier alpha value is -0.610. The van der Waals surface area contributed by atoms with Crippen LogP contribution in [0.25, 0.3) is 0 Å². The highest BCUT2D eigenvalue weighted by Crippen LogP contribution is 2.12. The lowest BCUT2D eigenvalue weighted by molar-refractivity contribution is 1.10. The summed E-state index contributed by atoms with van der Waals surface area (Å²) < 4.78 is 0. The molecular formula is C7H9ClN2OS. The van der Waals surface area contributed by atoms with Gasteiger partial charge in [0.05, 0.1) is 11.6 Å². The standard InChI is InChI=1S/C7H8N2OS.ClH/c10-9-5-6-11-7-3-1-2-4-8-7;/h1-4H,5-6H2;1H. The molecule has 1 aromatic heterocycles. The summed E-state index contributed by atoms with van der Waals surface area (Å²) in [4.78, 5) is 13.8. The minimum absolute atomic E-state index is 0. The van der Waals surface area contributed by atoms with Crippen LogP contribution in [-0.2, 0) is 0 Å². The minimum atomic E-state index is 0. The first-order chi connectivity index (χ1) is 5.43. The normalized spacial score (nSPS) is 8.67. The number of halogens is 1. The van der Waals surface area contributed by atoms with Gasteiger partial charge in [0.1, 0.15) is 0 Å². The van der Waals surface area contributed by atoms with E-state index >= 15 is 0 Å². The summed E-state index contributed by atoms with van der Waals surface area (Å²) in [6.45, 7) is 0.348. The molecule has 12 heavy (non-hydrogen) atoms. The van der Waals surface area contributed by atoms with E-state index in [0.717, 1.165) is 5.03 Å². The number of nitroso groups, excluding NO2 is 1. The van der Waals surface area contributed by atoms with Gasteiger partial charge in [-0.2, -0.15) is 4.91 Å². The van der Waals surface area contributed by atoms with Crippen LogP contribution in [0.3, 0.4) is 0 Å². The van der Waals surface area contributed by atoms with Crippen molar-refractivity contribution in [3.05, 3.63) is 29.3 Å². The van der Waals surface area contributed by atoms with Crippen LogP contribution in [0.1, 0.15) is 0 Å². The summed E-state index contributed by atoms with van der Waals surface area (Å²) in [7, 11) is 0. The zero-order valence-corrected chi connectivity index (χ0v) is 7.98. The van der Waals surface area contributed by atoms with Crippen LogP contribution < -0.4 is 0 Å². The van der Waals surface area contributed by atoms with E-state index in [1.165, 1.54) is 0 Å². The van der Waals surface area contributed by atoms with E-state index in [1.807, 2.05) is 18.2 Å². The molecule has 0 radical (unpaired) electrons. The Morgan fingerprint density at radius 1 is 1.50 bits per heavy atom. The van der Waals surface area contributed by atoms with Crippen molar-refractivity contribution in [1.82, 2.24) is 4.98 Å². The zero-order valence-electron chi connectivity index (χ0n) is 6.34. The van der Waals surface area contributed by atoms with Crippen molar-refractivity contribution in [2.45, 2.75) is 5.03 Å². The molecule has 0 bridgehead atoms. The number of rotatable bonds is 4. The maximum absolute atomic E-state index is 9.71. The highest BCUT2D eigenvalue weighted by molar-refractivity contribution is 7.99. The molecule has 0 saturated carbocycles. The van der Waals surface area contributed by atoms with Gasteiger partial charge in [0.25, 0.3) is 0 Å². The summed E-state index contributed by atoms with van der Waals surface area (Å²) in [5.74, 6) is 0.709. The Bertz CT molecular complexity index is 220. The molecule has 0 N–H and O–H groups in total. The monoisotopic (exact) mass is 204 g/mol. The lowest BCUT2D eigenvalue weighted by Crippen LogP contribution is -1.84. The second-order valence-electron chi connectivity index (χ2n) is 1.87. The molecule has 1 rings (SSSR count). The fraction of sp³-hybridized carbons (Fsp3) is 0.286. The Morgan fingerprint density at radius 2 is 2.33 bits per heavy atom. The van der Waals surface area contributed by atoms with Gasteiger partial charge in [0, 0.05) is 11.9 Å². The average molecular weight is 205 g/mol. The van der Waals surface area contributed by atoms with Crippen molar-refractivity contribution < 1.29 is 0 Å². The Balaban J connectivity index is 0.00000121. The molecule has 0 saturated heterocycles. The predicted octanol–water partition coefficient (Wildman–Crippen LogP) is 2.36. The minimum Gasteiger partial charge on any atom is -0.250 e. The SMILES string of the molecule is Cl.O=NCCSc1ccccn1. The molecule has 0 unspecified atom stereocenters. The summed E-state index contributed by atoms with van der Waals surface area (Å²) in [5.41, 5.74) is 0. The van der Waals surface area contributed by atoms with Gasteiger partial charge in [0.2, 0.25) is 0 Å². The Labute approximate surface area is 81.4 Å². The van der Waals surface area contributed by atoms with Crippen molar-refractivity contribution in [1.29, 1.82) is 0 Å². The number of thioether (sulfide) groups is 1. The molecule has 0 spiro atoms. The van der Waals surface area contributed by atoms with Gasteiger partial charge in [-0.05, 0) is 12.1 Å². The van der Waals surface area contributed by atoms with E-state index in [4.69, 9.17) is 0 Å². The van der Waals surface area contributed by atoms with Crippen LogP contribution in [-0.4, -0.2) is 17.3 Å². The molecular weight excluding hydrogens is 196 g/mol. The fourth-order valence-corrected chi connectivity index (χ4v) is 1.31. The van der Waals surface area contributed by atoms with Gasteiger partial charge in [-0.3, -0.25) is 0 Å². The van der Waals surface area contributed by atoms with Gasteiger partial charge in [-0.25, -0.2) is 4.98 Å². The molecule has 1 aromatic rings. The van der Waals surface area contributed by atoms with Crippen LogP contribution in [0.15, 0.2) is 34.6 Å². The summed E-state index contributed by atoms with van der Waals surface area (Å²) in [6.07, 6.45) is 1.73. The number of aromatic nitrogens is 1. The first-order valence-corrected chi connectivity index (χ1v) is 4.25. The van der Waals surface area contributed by atoms with E-state index in [9.17, 15) is 4.91 Å². The molecule has 0 aromatic carbocycles. The Kier molecular flexibility index (Phi) is 6.70. The number of hydrogen-bond acceptors (Lipinski definition) is 4. The predicted molar refractivity (Wildman–Crippen MR) is 52.9 cm³/mol. The molecule has 0 amide bonds. The van der Waals surface area contributed by atoms with Crippen LogP contribution in [0.2, 0.25) is 0 Å². The van der Waals surface area contributed by atoms with E-state index in [1.54, 1.807) is 18.0 Å². The third-order valence-corrected chi connectivity index (χ3v) is 1.99. The first-order valence-electron chi connectivity index (χ1n) is 3.26. The summed E-state index contributed by atoms with van der Waals surface area (Å²) >= 11 is 1.54. The van der Waals surface area contributed by atoms with Crippen LogP contribution >= 0.6 is 24.2 Å². The van der Waals surface area contributed by atoms with E-state index in [0.29, 0.717) is 12.3 Å². The lowest BCUT2D eigenvalue weighted by Gasteiger charge is -1.94. The van der Waals surface area contributed by atoms with Crippen LogP contribution in [0, 0.1) is 4.91 Å². The molecule has 0 atom stereocenters. The number of pyridine rings is 1. The molecule has 0 aliphatic carbocycles. The molecule has 3 nitrogen and oxygen atoms in total. The van der Waals surface area contributed by atoms with Crippen LogP contribution in [0.5, 0.6) is 0 Å². The average Bonchev–Trinajstić information content (AvgIpc) is 2.07. The van der Waals surface area contributed by atoms with Crippen molar-refractivity contribution in [3.63, 3.8) is 0 Å². The topological polar surface area (TPSA) is 42.3 Å². The van der Waals surface area contributed by atoms with Gasteiger partial charge in [-0.15, -0.1) is 24.2 Å². The zero-order chi connectivity index (χ0) is 7.94. The van der Waals surface area contributed by atoms with E-state index in [2.05, 4.69) is 10.2 Å². The number of nitrogens with zero attached hydrogens (tertiary/aromatic N) is 2. The van der Waals surface area contributed by atoms with Crippen molar-refractivity contribution in [2.24, 2.45) is 5.18 Å².